The third kappa shape index (κ3) is 1.85. The minimum absolute atomic E-state index is 0.0648. The van der Waals surface area contributed by atoms with Gasteiger partial charge in [0, 0.05) is 6.54 Å². The highest BCUT2D eigenvalue weighted by molar-refractivity contribution is 6.05. The highest BCUT2D eigenvalue weighted by Crippen LogP contribution is 2.28. The van der Waals surface area contributed by atoms with E-state index in [0.717, 1.165) is 0 Å². The summed E-state index contributed by atoms with van der Waals surface area (Å²) in [6, 6.07) is 0. The molecule has 6 heteroatoms. The zero-order chi connectivity index (χ0) is 11.0. The summed E-state index contributed by atoms with van der Waals surface area (Å²) in [6.45, 7) is 0.868. The van der Waals surface area contributed by atoms with Crippen molar-refractivity contribution in [1.82, 2.24) is 10.2 Å². The van der Waals surface area contributed by atoms with Gasteiger partial charge >= 0.3 is 5.97 Å². The van der Waals surface area contributed by atoms with Crippen LogP contribution in [0.25, 0.3) is 0 Å². The van der Waals surface area contributed by atoms with Crippen molar-refractivity contribution in [2.75, 3.05) is 19.6 Å². The number of carbonyl (C=O) groups is 3. The van der Waals surface area contributed by atoms with Crippen molar-refractivity contribution in [1.29, 1.82) is 0 Å². The Hall–Kier alpha value is -1.43. The Kier molecular flexibility index (Phi) is 2.44. The van der Waals surface area contributed by atoms with Gasteiger partial charge < -0.3 is 5.11 Å². The zero-order valence-electron chi connectivity index (χ0n) is 8.10. The average molecular weight is 212 g/mol. The Morgan fingerprint density at radius 2 is 2.07 bits per heavy atom. The molecule has 82 valence electrons. The maximum atomic E-state index is 11.3. The highest BCUT2D eigenvalue weighted by Gasteiger charge is 2.44. The summed E-state index contributed by atoms with van der Waals surface area (Å²) in [4.78, 5) is 34.8. The van der Waals surface area contributed by atoms with Gasteiger partial charge in [-0.3, -0.25) is 24.6 Å². The SMILES string of the molecule is O=C(O)CN1CC[C@H]2C(=O)NC(=O)[C@@H]2C1. The number of carbonyl (C=O) groups excluding carboxylic acids is 2. The number of nitrogens with one attached hydrogen (secondary N) is 1. The molecule has 2 saturated heterocycles. The lowest BCUT2D eigenvalue weighted by atomic mass is 9.88. The van der Waals surface area contributed by atoms with Crippen LogP contribution >= 0.6 is 0 Å². The van der Waals surface area contributed by atoms with Gasteiger partial charge in [0.1, 0.15) is 0 Å². The Morgan fingerprint density at radius 3 is 2.73 bits per heavy atom. The Labute approximate surface area is 86.2 Å². The molecular weight excluding hydrogens is 200 g/mol. The van der Waals surface area contributed by atoms with Crippen molar-refractivity contribution in [3.05, 3.63) is 0 Å². The predicted octanol–water partition coefficient (Wildman–Crippen LogP) is -1.33. The van der Waals surface area contributed by atoms with Gasteiger partial charge in [-0.05, 0) is 13.0 Å². The summed E-state index contributed by atoms with van der Waals surface area (Å²) in [5, 5.41) is 10.9. The number of nitrogens with zero attached hydrogens (tertiary/aromatic N) is 1. The number of piperidine rings is 1. The van der Waals surface area contributed by atoms with Crippen molar-refractivity contribution < 1.29 is 19.5 Å². The van der Waals surface area contributed by atoms with E-state index in [1.807, 2.05) is 0 Å². The maximum absolute atomic E-state index is 11.3. The minimum atomic E-state index is -0.904. The summed E-state index contributed by atoms with van der Waals surface area (Å²) in [5.74, 6) is -1.98. The lowest BCUT2D eigenvalue weighted by molar-refractivity contribution is -0.139. The van der Waals surface area contributed by atoms with Crippen LogP contribution in [0, 0.1) is 11.8 Å². The van der Waals surface area contributed by atoms with Crippen LogP contribution in [0.3, 0.4) is 0 Å². The molecule has 2 N–H and O–H groups in total. The molecule has 2 heterocycles. The molecule has 2 fully saturated rings. The number of amides is 2. The molecule has 0 unspecified atom stereocenters. The molecule has 0 bridgehead atoms. The van der Waals surface area contributed by atoms with Gasteiger partial charge in [-0.2, -0.15) is 0 Å². The monoisotopic (exact) mass is 212 g/mol. The van der Waals surface area contributed by atoms with Gasteiger partial charge in [-0.25, -0.2) is 0 Å². The molecule has 15 heavy (non-hydrogen) atoms. The van der Waals surface area contributed by atoms with Crippen LogP contribution < -0.4 is 5.32 Å². The van der Waals surface area contributed by atoms with Gasteiger partial charge in [0.05, 0.1) is 18.4 Å². The number of imide groups is 1. The van der Waals surface area contributed by atoms with Crippen LogP contribution in [0.4, 0.5) is 0 Å². The fourth-order valence-electron chi connectivity index (χ4n) is 2.24. The second-order valence-electron chi connectivity index (χ2n) is 3.98. The predicted molar refractivity (Wildman–Crippen MR) is 48.8 cm³/mol. The molecule has 0 aromatic rings. The van der Waals surface area contributed by atoms with E-state index in [0.29, 0.717) is 19.5 Å². The summed E-state index contributed by atoms with van der Waals surface area (Å²) < 4.78 is 0. The first-order valence-electron chi connectivity index (χ1n) is 4.87. The largest absolute Gasteiger partial charge is 0.480 e. The topological polar surface area (TPSA) is 86.7 Å². The molecule has 6 nitrogen and oxygen atoms in total. The van der Waals surface area contributed by atoms with Gasteiger partial charge in [-0.15, -0.1) is 0 Å². The van der Waals surface area contributed by atoms with Crippen molar-refractivity contribution >= 4 is 17.8 Å². The fraction of sp³-hybridized carbons (Fsp3) is 0.667. The number of carboxylic acid groups (broad SMARTS) is 1. The zero-order valence-corrected chi connectivity index (χ0v) is 8.10. The summed E-state index contributed by atoms with van der Waals surface area (Å²) in [7, 11) is 0. The summed E-state index contributed by atoms with van der Waals surface area (Å²) in [6.07, 6.45) is 0.565. The van der Waals surface area contributed by atoms with Gasteiger partial charge in [0.2, 0.25) is 11.8 Å². The maximum Gasteiger partial charge on any atom is 0.317 e. The van der Waals surface area contributed by atoms with Crippen molar-refractivity contribution in [3.8, 4) is 0 Å². The Balaban J connectivity index is 2.02. The van der Waals surface area contributed by atoms with Gasteiger partial charge in [0.15, 0.2) is 0 Å². The fourth-order valence-corrected chi connectivity index (χ4v) is 2.24. The van der Waals surface area contributed by atoms with E-state index < -0.39 is 5.97 Å². The lowest BCUT2D eigenvalue weighted by Gasteiger charge is -2.30. The average Bonchev–Trinajstić information content (AvgIpc) is 2.41. The molecule has 2 amide bonds. The summed E-state index contributed by atoms with van der Waals surface area (Å²) in [5.41, 5.74) is 0. The summed E-state index contributed by atoms with van der Waals surface area (Å²) >= 11 is 0. The van der Waals surface area contributed by atoms with Crippen LogP contribution in [0.5, 0.6) is 0 Å². The van der Waals surface area contributed by atoms with E-state index >= 15 is 0 Å². The van der Waals surface area contributed by atoms with Crippen LogP contribution in [0.1, 0.15) is 6.42 Å². The van der Waals surface area contributed by atoms with E-state index in [1.165, 1.54) is 0 Å². The molecule has 0 aromatic carbocycles. The molecule has 0 aliphatic carbocycles. The lowest BCUT2D eigenvalue weighted by Crippen LogP contribution is -2.43. The van der Waals surface area contributed by atoms with Crippen LogP contribution in [-0.4, -0.2) is 47.4 Å². The second kappa shape index (κ2) is 3.62. The van der Waals surface area contributed by atoms with E-state index in [1.54, 1.807) is 4.90 Å². The molecule has 0 radical (unpaired) electrons. The third-order valence-electron chi connectivity index (χ3n) is 2.98. The highest BCUT2D eigenvalue weighted by atomic mass is 16.4. The van der Waals surface area contributed by atoms with Gasteiger partial charge in [-0.1, -0.05) is 0 Å². The Morgan fingerprint density at radius 1 is 1.40 bits per heavy atom. The van der Waals surface area contributed by atoms with Crippen molar-refractivity contribution in [3.63, 3.8) is 0 Å². The molecule has 2 aliphatic rings. The molecule has 0 saturated carbocycles. The number of rotatable bonds is 2. The number of hydrogen-bond acceptors (Lipinski definition) is 4. The number of likely N-dealkylation sites (tertiary alicyclic amines) is 1. The van der Waals surface area contributed by atoms with E-state index in [2.05, 4.69) is 5.32 Å². The van der Waals surface area contributed by atoms with Gasteiger partial charge in [0.25, 0.3) is 0 Å². The number of carboxylic acids is 1. The van der Waals surface area contributed by atoms with Crippen LogP contribution in [0.15, 0.2) is 0 Å². The van der Waals surface area contributed by atoms with Crippen molar-refractivity contribution in [2.45, 2.75) is 6.42 Å². The van der Waals surface area contributed by atoms with E-state index in [-0.39, 0.29) is 30.2 Å². The Bertz CT molecular complexity index is 328. The third-order valence-corrected chi connectivity index (χ3v) is 2.98. The first-order chi connectivity index (χ1) is 7.08. The van der Waals surface area contributed by atoms with Crippen LogP contribution in [-0.2, 0) is 14.4 Å². The molecule has 2 atom stereocenters. The molecular formula is C9H12N2O4. The number of aliphatic carboxylic acids is 1. The minimum Gasteiger partial charge on any atom is -0.480 e. The van der Waals surface area contributed by atoms with E-state index in [9.17, 15) is 14.4 Å². The first kappa shape index (κ1) is 10.1. The molecule has 0 spiro atoms. The molecule has 2 rings (SSSR count). The number of hydrogen-bond donors (Lipinski definition) is 2. The normalized spacial score (nSPS) is 31.2. The second-order valence-corrected chi connectivity index (χ2v) is 3.98. The first-order valence-corrected chi connectivity index (χ1v) is 4.87. The number of fused-ring (bicyclic) bond motifs is 1. The quantitative estimate of drug-likeness (QED) is 0.553. The standard InChI is InChI=1S/C9H12N2O4/c12-7(13)4-11-2-1-5-6(3-11)9(15)10-8(5)14/h5-6H,1-4H2,(H,12,13)(H,10,14,15)/t5-,6-/m1/s1. The molecule has 0 aromatic heterocycles. The van der Waals surface area contributed by atoms with E-state index in [4.69, 9.17) is 5.11 Å². The van der Waals surface area contributed by atoms with Crippen LogP contribution in [0.2, 0.25) is 0 Å². The smallest absolute Gasteiger partial charge is 0.317 e. The van der Waals surface area contributed by atoms with Crippen molar-refractivity contribution in [2.24, 2.45) is 11.8 Å². The molecule has 2 aliphatic heterocycles.